The van der Waals surface area contributed by atoms with Crippen molar-refractivity contribution in [3.05, 3.63) is 33.4 Å². The second-order valence-corrected chi connectivity index (χ2v) is 5.77. The van der Waals surface area contributed by atoms with Crippen molar-refractivity contribution < 1.29 is 0 Å². The van der Waals surface area contributed by atoms with E-state index < -0.39 is 0 Å². The Morgan fingerprint density at radius 2 is 2.12 bits per heavy atom. The van der Waals surface area contributed by atoms with Gasteiger partial charge in [-0.25, -0.2) is 0 Å². The van der Waals surface area contributed by atoms with Crippen molar-refractivity contribution in [2.45, 2.75) is 39.2 Å². The summed E-state index contributed by atoms with van der Waals surface area (Å²) < 4.78 is 1.32. The Hall–Kier alpha value is -0.0900. The normalized spacial score (nSPS) is 14.8. The first-order chi connectivity index (χ1) is 7.67. The molecule has 0 amide bonds. The minimum absolute atomic E-state index is 0.497. The van der Waals surface area contributed by atoms with Crippen LogP contribution in [0.4, 0.5) is 0 Å². The van der Waals surface area contributed by atoms with Gasteiger partial charge in [-0.05, 0) is 59.7 Å². The van der Waals surface area contributed by atoms with E-state index in [9.17, 15) is 0 Å². The first-order valence-corrected chi connectivity index (χ1v) is 7.18. The van der Waals surface area contributed by atoms with Crippen LogP contribution in [-0.4, -0.2) is 7.05 Å². The lowest BCUT2D eigenvalue weighted by Gasteiger charge is -2.21. The van der Waals surface area contributed by atoms with Crippen molar-refractivity contribution in [3.8, 4) is 0 Å². The monoisotopic (exact) mass is 331 g/mol. The number of benzene rings is 1. The summed E-state index contributed by atoms with van der Waals surface area (Å²) in [5, 5.41) is 3.43. The van der Waals surface area contributed by atoms with Crippen LogP contribution in [-0.2, 0) is 0 Å². The molecule has 16 heavy (non-hydrogen) atoms. The zero-order valence-corrected chi connectivity index (χ0v) is 12.6. The van der Waals surface area contributed by atoms with Gasteiger partial charge in [-0.2, -0.15) is 0 Å². The smallest absolute Gasteiger partial charge is 0.0320 e. The third kappa shape index (κ3) is 4.42. The molecule has 1 N–H and O–H groups in total. The average molecular weight is 331 g/mol. The standard InChI is InChI=1S/C14H22IN/c1-4-6-11(2)9-14(16-3)12-7-5-8-13(15)10-12/h5,7-8,10-11,14,16H,4,6,9H2,1-3H3. The van der Waals surface area contributed by atoms with Crippen molar-refractivity contribution in [1.29, 1.82) is 0 Å². The maximum absolute atomic E-state index is 3.43. The summed E-state index contributed by atoms with van der Waals surface area (Å²) in [6.45, 7) is 4.61. The van der Waals surface area contributed by atoms with E-state index >= 15 is 0 Å². The predicted molar refractivity (Wildman–Crippen MR) is 79.6 cm³/mol. The first kappa shape index (κ1) is 14.0. The zero-order chi connectivity index (χ0) is 12.0. The van der Waals surface area contributed by atoms with Crippen LogP contribution in [0.3, 0.4) is 0 Å². The molecule has 1 nitrogen and oxygen atoms in total. The average Bonchev–Trinajstić information content (AvgIpc) is 2.26. The molecule has 0 heterocycles. The number of halogens is 1. The summed E-state index contributed by atoms with van der Waals surface area (Å²) >= 11 is 2.38. The molecule has 0 bridgehead atoms. The van der Waals surface area contributed by atoms with E-state index in [1.807, 2.05) is 0 Å². The number of hydrogen-bond donors (Lipinski definition) is 1. The van der Waals surface area contributed by atoms with E-state index in [0.717, 1.165) is 5.92 Å². The lowest BCUT2D eigenvalue weighted by atomic mass is 9.93. The van der Waals surface area contributed by atoms with Gasteiger partial charge in [0, 0.05) is 9.61 Å². The molecule has 0 fully saturated rings. The topological polar surface area (TPSA) is 12.0 Å². The molecular formula is C14H22IN. The summed E-state index contributed by atoms with van der Waals surface area (Å²) in [5.74, 6) is 0.792. The molecule has 0 radical (unpaired) electrons. The molecule has 0 aromatic heterocycles. The molecule has 1 rings (SSSR count). The molecule has 90 valence electrons. The van der Waals surface area contributed by atoms with Gasteiger partial charge in [0.1, 0.15) is 0 Å². The fourth-order valence-corrected chi connectivity index (χ4v) is 2.72. The van der Waals surface area contributed by atoms with Crippen LogP contribution in [0.5, 0.6) is 0 Å². The van der Waals surface area contributed by atoms with E-state index in [4.69, 9.17) is 0 Å². The van der Waals surface area contributed by atoms with Crippen molar-refractivity contribution in [1.82, 2.24) is 5.32 Å². The van der Waals surface area contributed by atoms with Gasteiger partial charge in [-0.15, -0.1) is 0 Å². The number of hydrogen-bond acceptors (Lipinski definition) is 1. The Kier molecular flexibility index (Phi) is 6.36. The third-order valence-corrected chi connectivity index (χ3v) is 3.69. The second kappa shape index (κ2) is 7.28. The summed E-state index contributed by atoms with van der Waals surface area (Å²) in [5.41, 5.74) is 1.41. The fraction of sp³-hybridized carbons (Fsp3) is 0.571. The van der Waals surface area contributed by atoms with Crippen LogP contribution >= 0.6 is 22.6 Å². The maximum atomic E-state index is 3.43. The largest absolute Gasteiger partial charge is 0.313 e. The second-order valence-electron chi connectivity index (χ2n) is 4.53. The molecule has 2 heteroatoms. The van der Waals surface area contributed by atoms with Gasteiger partial charge in [0.15, 0.2) is 0 Å². The van der Waals surface area contributed by atoms with Gasteiger partial charge in [-0.3, -0.25) is 0 Å². The van der Waals surface area contributed by atoms with Gasteiger partial charge in [-0.1, -0.05) is 38.8 Å². The highest BCUT2D eigenvalue weighted by Crippen LogP contribution is 2.24. The first-order valence-electron chi connectivity index (χ1n) is 6.10. The van der Waals surface area contributed by atoms with Crippen LogP contribution in [0.15, 0.2) is 24.3 Å². The minimum Gasteiger partial charge on any atom is -0.313 e. The number of nitrogens with one attached hydrogen (secondary N) is 1. The summed E-state index contributed by atoms with van der Waals surface area (Å²) in [6.07, 6.45) is 3.83. The Morgan fingerprint density at radius 1 is 1.38 bits per heavy atom. The molecule has 1 aromatic rings. The van der Waals surface area contributed by atoms with E-state index in [2.05, 4.69) is 73.1 Å². The van der Waals surface area contributed by atoms with Crippen LogP contribution < -0.4 is 5.32 Å². The SMILES string of the molecule is CCCC(C)CC(NC)c1cccc(I)c1. The highest BCUT2D eigenvalue weighted by Gasteiger charge is 2.13. The van der Waals surface area contributed by atoms with Crippen molar-refractivity contribution >= 4 is 22.6 Å². The van der Waals surface area contributed by atoms with Crippen LogP contribution in [0.1, 0.15) is 44.7 Å². The molecule has 2 unspecified atom stereocenters. The minimum atomic E-state index is 0.497. The van der Waals surface area contributed by atoms with Crippen molar-refractivity contribution in [2.75, 3.05) is 7.05 Å². The van der Waals surface area contributed by atoms with E-state index in [1.54, 1.807) is 0 Å². The van der Waals surface area contributed by atoms with Gasteiger partial charge in [0.05, 0.1) is 0 Å². The molecule has 2 atom stereocenters. The Balaban J connectivity index is 2.67. The highest BCUT2D eigenvalue weighted by atomic mass is 127. The predicted octanol–water partition coefficient (Wildman–Crippen LogP) is 4.38. The molecule has 0 aliphatic carbocycles. The van der Waals surface area contributed by atoms with Crippen LogP contribution in [0.2, 0.25) is 0 Å². The van der Waals surface area contributed by atoms with Gasteiger partial charge in [0.25, 0.3) is 0 Å². The molecule has 0 aliphatic rings. The molecular weight excluding hydrogens is 309 g/mol. The van der Waals surface area contributed by atoms with E-state index in [-0.39, 0.29) is 0 Å². The Morgan fingerprint density at radius 3 is 2.69 bits per heavy atom. The third-order valence-electron chi connectivity index (χ3n) is 3.02. The van der Waals surface area contributed by atoms with Crippen molar-refractivity contribution in [3.63, 3.8) is 0 Å². The quantitative estimate of drug-likeness (QED) is 0.763. The molecule has 0 aliphatic heterocycles. The molecule has 0 spiro atoms. The molecule has 0 saturated heterocycles. The van der Waals surface area contributed by atoms with Crippen molar-refractivity contribution in [2.24, 2.45) is 5.92 Å². The highest BCUT2D eigenvalue weighted by molar-refractivity contribution is 14.1. The van der Waals surface area contributed by atoms with Gasteiger partial charge >= 0.3 is 0 Å². The zero-order valence-electron chi connectivity index (χ0n) is 10.5. The van der Waals surface area contributed by atoms with E-state index in [1.165, 1.54) is 28.4 Å². The van der Waals surface area contributed by atoms with Crippen LogP contribution in [0, 0.1) is 9.49 Å². The lowest BCUT2D eigenvalue weighted by molar-refractivity contribution is 0.407. The summed E-state index contributed by atoms with van der Waals surface area (Å²) in [4.78, 5) is 0. The van der Waals surface area contributed by atoms with Crippen LogP contribution in [0.25, 0.3) is 0 Å². The van der Waals surface area contributed by atoms with Gasteiger partial charge in [0.2, 0.25) is 0 Å². The summed E-state index contributed by atoms with van der Waals surface area (Å²) in [6, 6.07) is 9.29. The Bertz CT molecular complexity index is 311. The lowest BCUT2D eigenvalue weighted by Crippen LogP contribution is -2.19. The molecule has 0 saturated carbocycles. The summed E-state index contributed by atoms with van der Waals surface area (Å²) in [7, 11) is 2.06. The Labute approximate surface area is 113 Å². The maximum Gasteiger partial charge on any atom is 0.0320 e. The number of rotatable bonds is 6. The fourth-order valence-electron chi connectivity index (χ4n) is 2.16. The van der Waals surface area contributed by atoms with E-state index in [0.29, 0.717) is 6.04 Å². The molecule has 1 aromatic carbocycles. The van der Waals surface area contributed by atoms with Gasteiger partial charge < -0.3 is 5.32 Å².